The Morgan fingerprint density at radius 1 is 1.33 bits per heavy atom. The van der Waals surface area contributed by atoms with Crippen LogP contribution in [0.1, 0.15) is 15.9 Å². The average molecular weight is 199 g/mol. The quantitative estimate of drug-likeness (QED) is 0.666. The minimum Gasteiger partial charge on any atom is -0.398 e. The number of fused-ring (bicyclic) bond motifs is 3. The van der Waals surface area contributed by atoms with Gasteiger partial charge in [0.2, 0.25) is 0 Å². The van der Waals surface area contributed by atoms with Crippen LogP contribution in [0.4, 0.5) is 5.69 Å². The smallest absolute Gasteiger partial charge is 0.251 e. The number of amides is 1. The Morgan fingerprint density at radius 2 is 2.20 bits per heavy atom. The third-order valence-electron chi connectivity index (χ3n) is 2.72. The van der Waals surface area contributed by atoms with E-state index in [1.165, 1.54) is 0 Å². The van der Waals surface area contributed by atoms with Crippen LogP contribution in [0.5, 0.6) is 0 Å². The van der Waals surface area contributed by atoms with E-state index in [0.29, 0.717) is 17.8 Å². The van der Waals surface area contributed by atoms with E-state index >= 15 is 0 Å². The minimum atomic E-state index is -0.0323. The first kappa shape index (κ1) is 8.23. The summed E-state index contributed by atoms with van der Waals surface area (Å²) in [6.07, 6.45) is 1.67. The second kappa shape index (κ2) is 2.70. The molecule has 1 aromatic carbocycles. The number of rotatable bonds is 0. The summed E-state index contributed by atoms with van der Waals surface area (Å²) >= 11 is 0. The van der Waals surface area contributed by atoms with E-state index < -0.39 is 0 Å². The minimum absolute atomic E-state index is 0.0323. The molecule has 0 atom stereocenters. The zero-order valence-electron chi connectivity index (χ0n) is 7.95. The summed E-state index contributed by atoms with van der Waals surface area (Å²) in [4.78, 5) is 15.7. The van der Waals surface area contributed by atoms with E-state index in [2.05, 4.69) is 10.3 Å². The van der Waals surface area contributed by atoms with Gasteiger partial charge in [-0.2, -0.15) is 0 Å². The molecule has 0 saturated carbocycles. The number of anilines is 1. The molecule has 1 aromatic heterocycles. The molecule has 0 saturated heterocycles. The number of benzene rings is 1. The van der Waals surface area contributed by atoms with Crippen molar-refractivity contribution < 1.29 is 4.79 Å². The van der Waals surface area contributed by atoms with Gasteiger partial charge in [-0.3, -0.25) is 9.78 Å². The third-order valence-corrected chi connectivity index (χ3v) is 2.72. The van der Waals surface area contributed by atoms with Gasteiger partial charge < -0.3 is 11.1 Å². The van der Waals surface area contributed by atoms with Gasteiger partial charge in [0.15, 0.2) is 0 Å². The van der Waals surface area contributed by atoms with E-state index in [-0.39, 0.29) is 5.91 Å². The molecule has 15 heavy (non-hydrogen) atoms. The van der Waals surface area contributed by atoms with Crippen molar-refractivity contribution in [2.75, 3.05) is 5.73 Å². The van der Waals surface area contributed by atoms with Crippen molar-refractivity contribution in [3.05, 3.63) is 35.5 Å². The van der Waals surface area contributed by atoms with Crippen LogP contribution in [0.15, 0.2) is 24.4 Å². The van der Waals surface area contributed by atoms with E-state index in [1.54, 1.807) is 18.3 Å². The summed E-state index contributed by atoms with van der Waals surface area (Å²) in [6.45, 7) is 0.543. The first-order valence-corrected chi connectivity index (χ1v) is 4.71. The Morgan fingerprint density at radius 3 is 3.07 bits per heavy atom. The van der Waals surface area contributed by atoms with E-state index in [9.17, 15) is 4.79 Å². The fourth-order valence-corrected chi connectivity index (χ4v) is 2.01. The van der Waals surface area contributed by atoms with Gasteiger partial charge >= 0.3 is 0 Å². The maximum absolute atomic E-state index is 11.4. The highest BCUT2D eigenvalue weighted by atomic mass is 16.1. The van der Waals surface area contributed by atoms with Gasteiger partial charge in [-0.15, -0.1) is 0 Å². The summed E-state index contributed by atoms with van der Waals surface area (Å²) < 4.78 is 0. The van der Waals surface area contributed by atoms with Crippen LogP contribution in [-0.4, -0.2) is 10.9 Å². The van der Waals surface area contributed by atoms with Gasteiger partial charge in [0.05, 0.1) is 5.52 Å². The maximum Gasteiger partial charge on any atom is 0.251 e. The van der Waals surface area contributed by atoms with E-state index in [1.807, 2.05) is 6.07 Å². The monoisotopic (exact) mass is 199 g/mol. The van der Waals surface area contributed by atoms with Crippen LogP contribution in [0, 0.1) is 0 Å². The molecule has 4 heteroatoms. The predicted octanol–water partition coefficient (Wildman–Crippen LogP) is 1.06. The number of pyridine rings is 1. The van der Waals surface area contributed by atoms with E-state index in [4.69, 9.17) is 5.73 Å². The summed E-state index contributed by atoms with van der Waals surface area (Å²) in [7, 11) is 0. The molecule has 0 aliphatic carbocycles. The SMILES string of the molecule is Nc1ccnc2ccc3c(c12)CNC3=O. The second-order valence-corrected chi connectivity index (χ2v) is 3.57. The normalized spacial score (nSPS) is 14.0. The Kier molecular flexibility index (Phi) is 1.48. The number of nitrogens with zero attached hydrogens (tertiary/aromatic N) is 1. The Labute approximate surface area is 86.1 Å². The molecule has 4 nitrogen and oxygen atoms in total. The number of nitrogen functional groups attached to an aromatic ring is 1. The Balaban J connectivity index is 2.48. The number of nitrogens with two attached hydrogens (primary N) is 1. The number of nitrogens with one attached hydrogen (secondary N) is 1. The molecule has 0 spiro atoms. The maximum atomic E-state index is 11.4. The molecule has 0 unspecified atom stereocenters. The fraction of sp³-hybridized carbons (Fsp3) is 0.0909. The zero-order chi connectivity index (χ0) is 10.4. The van der Waals surface area contributed by atoms with Gasteiger partial charge in [-0.05, 0) is 23.8 Å². The van der Waals surface area contributed by atoms with Gasteiger partial charge in [0.25, 0.3) is 5.91 Å². The molecule has 3 N–H and O–H groups in total. The van der Waals surface area contributed by atoms with Crippen LogP contribution >= 0.6 is 0 Å². The van der Waals surface area contributed by atoms with Crippen LogP contribution in [0.3, 0.4) is 0 Å². The van der Waals surface area contributed by atoms with Crippen LogP contribution in [0.2, 0.25) is 0 Å². The van der Waals surface area contributed by atoms with Gasteiger partial charge in [-0.25, -0.2) is 0 Å². The zero-order valence-corrected chi connectivity index (χ0v) is 7.95. The lowest BCUT2D eigenvalue weighted by atomic mass is 10.0. The lowest BCUT2D eigenvalue weighted by molar-refractivity contribution is 0.0966. The molecule has 2 heterocycles. The molecular formula is C11H9N3O. The molecule has 74 valence electrons. The molecular weight excluding hydrogens is 190 g/mol. The van der Waals surface area contributed by atoms with Crippen LogP contribution < -0.4 is 11.1 Å². The second-order valence-electron chi connectivity index (χ2n) is 3.57. The third kappa shape index (κ3) is 1.01. The summed E-state index contributed by atoms with van der Waals surface area (Å²) in [5, 5.41) is 3.68. The van der Waals surface area contributed by atoms with Gasteiger partial charge in [0, 0.05) is 29.4 Å². The molecule has 0 fully saturated rings. The standard InChI is InChI=1S/C11H9N3O/c12-8-3-4-13-9-2-1-6-7(10(8)9)5-14-11(6)15/h1-4H,5H2,(H2,12,13)(H,14,15). The number of carbonyl (C=O) groups is 1. The van der Waals surface area contributed by atoms with Crippen molar-refractivity contribution in [2.45, 2.75) is 6.54 Å². The summed E-state index contributed by atoms with van der Waals surface area (Å²) in [6, 6.07) is 5.38. The molecule has 1 amide bonds. The number of hydrogen-bond donors (Lipinski definition) is 2. The highest BCUT2D eigenvalue weighted by Crippen LogP contribution is 2.28. The van der Waals surface area contributed by atoms with E-state index in [0.717, 1.165) is 16.5 Å². The summed E-state index contributed by atoms with van der Waals surface area (Å²) in [5.41, 5.74) is 9.08. The number of hydrogen-bond acceptors (Lipinski definition) is 3. The van der Waals surface area contributed by atoms with Crippen molar-refractivity contribution in [3.63, 3.8) is 0 Å². The molecule has 3 rings (SSSR count). The topological polar surface area (TPSA) is 68.0 Å². The lowest BCUT2D eigenvalue weighted by Crippen LogP contribution is -2.12. The molecule has 1 aliphatic heterocycles. The molecule has 1 aliphatic rings. The van der Waals surface area contributed by atoms with Gasteiger partial charge in [0.1, 0.15) is 0 Å². The molecule has 0 bridgehead atoms. The average Bonchev–Trinajstić information content (AvgIpc) is 2.61. The van der Waals surface area contributed by atoms with Crippen molar-refractivity contribution in [1.29, 1.82) is 0 Å². The Hall–Kier alpha value is -2.10. The number of aromatic nitrogens is 1. The molecule has 0 radical (unpaired) electrons. The first-order chi connectivity index (χ1) is 7.27. The lowest BCUT2D eigenvalue weighted by Gasteiger charge is -2.05. The summed E-state index contributed by atoms with van der Waals surface area (Å²) in [5.74, 6) is -0.0323. The van der Waals surface area contributed by atoms with Crippen LogP contribution in [0.25, 0.3) is 10.9 Å². The highest BCUT2D eigenvalue weighted by molar-refractivity contribution is 6.06. The Bertz CT molecular complexity index is 577. The van der Waals surface area contributed by atoms with Crippen molar-refractivity contribution in [1.82, 2.24) is 10.3 Å². The first-order valence-electron chi connectivity index (χ1n) is 4.71. The van der Waals surface area contributed by atoms with Crippen molar-refractivity contribution in [2.24, 2.45) is 0 Å². The number of carbonyl (C=O) groups excluding carboxylic acids is 1. The largest absolute Gasteiger partial charge is 0.398 e. The highest BCUT2D eigenvalue weighted by Gasteiger charge is 2.21. The van der Waals surface area contributed by atoms with Gasteiger partial charge in [-0.1, -0.05) is 0 Å². The van der Waals surface area contributed by atoms with Crippen molar-refractivity contribution >= 4 is 22.5 Å². The van der Waals surface area contributed by atoms with Crippen molar-refractivity contribution in [3.8, 4) is 0 Å². The molecule has 2 aromatic rings. The van der Waals surface area contributed by atoms with Crippen LogP contribution in [-0.2, 0) is 6.54 Å². The fourth-order valence-electron chi connectivity index (χ4n) is 2.01. The predicted molar refractivity (Wildman–Crippen MR) is 57.3 cm³/mol.